The van der Waals surface area contributed by atoms with Gasteiger partial charge in [0.2, 0.25) is 0 Å². The van der Waals surface area contributed by atoms with Crippen LogP contribution in [0, 0.1) is 0 Å². The highest BCUT2D eigenvalue weighted by Gasteiger charge is 2.15. The Balaban J connectivity index is 1.76. The molecule has 0 aliphatic heterocycles. The van der Waals surface area contributed by atoms with Gasteiger partial charge in [-0.1, -0.05) is 51.1 Å². The smallest absolute Gasteiger partial charge is 0.256 e. The van der Waals surface area contributed by atoms with Crippen molar-refractivity contribution in [3.8, 4) is 0 Å². The van der Waals surface area contributed by atoms with E-state index in [2.05, 4.69) is 55.5 Å². The normalized spacial score (nSPS) is 12.0. The quantitative estimate of drug-likeness (QED) is 0.691. The maximum atomic E-state index is 12.6. The molecule has 3 aromatic rings. The molecule has 1 N–H and O–H groups in total. The number of carbonyl (C=O) groups is 1. The van der Waals surface area contributed by atoms with Crippen LogP contribution in [0.15, 0.2) is 65.7 Å². The van der Waals surface area contributed by atoms with Crippen molar-refractivity contribution in [3.63, 3.8) is 0 Å². The van der Waals surface area contributed by atoms with Crippen LogP contribution in [0.1, 0.15) is 42.3 Å². The van der Waals surface area contributed by atoms with E-state index in [0.29, 0.717) is 12.4 Å². The Hall–Kier alpha value is -2.93. The van der Waals surface area contributed by atoms with Gasteiger partial charge < -0.3 is 5.32 Å². The molecule has 0 fully saturated rings. The summed E-state index contributed by atoms with van der Waals surface area (Å²) in [5.74, 6) is 0.153. The van der Waals surface area contributed by atoms with Gasteiger partial charge >= 0.3 is 0 Å². The summed E-state index contributed by atoms with van der Waals surface area (Å²) >= 11 is 0. The second kappa shape index (κ2) is 7.83. The molecule has 152 valence electrons. The summed E-state index contributed by atoms with van der Waals surface area (Å²) < 4.78 is 25.1. The predicted molar refractivity (Wildman–Crippen MR) is 114 cm³/mol. The van der Waals surface area contributed by atoms with Crippen molar-refractivity contribution in [1.29, 1.82) is 0 Å². The molecule has 0 radical (unpaired) electrons. The van der Waals surface area contributed by atoms with Gasteiger partial charge in [0.1, 0.15) is 5.82 Å². The Labute approximate surface area is 171 Å². The SMILES string of the molecule is CC(C)(C)c1ccc(Cn2nccc2NC(=O)c2cccc(S(C)(=O)=O)c2)cc1. The lowest BCUT2D eigenvalue weighted by atomic mass is 9.87. The zero-order valence-electron chi connectivity index (χ0n) is 17.0. The van der Waals surface area contributed by atoms with E-state index in [0.717, 1.165) is 11.8 Å². The lowest BCUT2D eigenvalue weighted by Crippen LogP contribution is -2.17. The Morgan fingerprint density at radius 1 is 1.07 bits per heavy atom. The molecule has 7 heteroatoms. The van der Waals surface area contributed by atoms with Crippen molar-refractivity contribution in [1.82, 2.24) is 9.78 Å². The zero-order chi connectivity index (χ0) is 21.2. The van der Waals surface area contributed by atoms with E-state index in [9.17, 15) is 13.2 Å². The number of rotatable bonds is 5. The molecule has 3 rings (SSSR count). The number of nitrogens with one attached hydrogen (secondary N) is 1. The minimum atomic E-state index is -3.38. The first kappa shape index (κ1) is 20.8. The van der Waals surface area contributed by atoms with Gasteiger partial charge in [-0.3, -0.25) is 4.79 Å². The summed E-state index contributed by atoms with van der Waals surface area (Å²) in [7, 11) is -3.38. The molecule has 2 aromatic carbocycles. The Morgan fingerprint density at radius 3 is 2.38 bits per heavy atom. The van der Waals surface area contributed by atoms with E-state index in [1.807, 2.05) is 0 Å². The summed E-state index contributed by atoms with van der Waals surface area (Å²) in [6, 6.07) is 16.0. The Bertz CT molecular complexity index is 1120. The highest BCUT2D eigenvalue weighted by Crippen LogP contribution is 2.23. The van der Waals surface area contributed by atoms with Crippen LogP contribution in [-0.2, 0) is 21.8 Å². The van der Waals surface area contributed by atoms with E-state index in [1.54, 1.807) is 29.1 Å². The zero-order valence-corrected chi connectivity index (χ0v) is 17.8. The highest BCUT2D eigenvalue weighted by molar-refractivity contribution is 7.90. The van der Waals surface area contributed by atoms with Gasteiger partial charge in [0.05, 0.1) is 17.6 Å². The van der Waals surface area contributed by atoms with Gasteiger partial charge in [0, 0.05) is 17.9 Å². The Morgan fingerprint density at radius 2 is 1.76 bits per heavy atom. The van der Waals surface area contributed by atoms with Gasteiger partial charge in [-0.05, 0) is 34.7 Å². The minimum absolute atomic E-state index is 0.0872. The molecule has 6 nitrogen and oxygen atoms in total. The predicted octanol–water partition coefficient (Wildman–Crippen LogP) is 3.88. The largest absolute Gasteiger partial charge is 0.307 e. The van der Waals surface area contributed by atoms with Gasteiger partial charge in [-0.2, -0.15) is 5.10 Å². The third-order valence-corrected chi connectivity index (χ3v) is 5.75. The molecular formula is C22H25N3O3S. The van der Waals surface area contributed by atoms with Crippen LogP contribution in [0.2, 0.25) is 0 Å². The lowest BCUT2D eigenvalue weighted by Gasteiger charge is -2.19. The number of aromatic nitrogens is 2. The number of anilines is 1. The number of sulfone groups is 1. The molecule has 29 heavy (non-hydrogen) atoms. The second-order valence-corrected chi connectivity index (χ2v) is 10.1. The molecule has 1 aromatic heterocycles. The summed E-state index contributed by atoms with van der Waals surface area (Å²) in [6.07, 6.45) is 2.73. The number of hydrogen-bond donors (Lipinski definition) is 1. The highest BCUT2D eigenvalue weighted by atomic mass is 32.2. The lowest BCUT2D eigenvalue weighted by molar-refractivity contribution is 0.102. The number of benzene rings is 2. The van der Waals surface area contributed by atoms with Crippen molar-refractivity contribution < 1.29 is 13.2 Å². The molecule has 0 spiro atoms. The first-order valence-electron chi connectivity index (χ1n) is 9.27. The van der Waals surface area contributed by atoms with Gasteiger partial charge in [-0.25, -0.2) is 13.1 Å². The standard InChI is InChI=1S/C22H25N3O3S/c1-22(2,3)18-10-8-16(9-11-18)15-25-20(12-13-23-25)24-21(26)17-6-5-7-19(14-17)29(4,27)28/h5-14H,15H2,1-4H3,(H,24,26). The molecule has 0 unspecified atom stereocenters. The van der Waals surface area contributed by atoms with E-state index >= 15 is 0 Å². The molecule has 0 aliphatic rings. The maximum Gasteiger partial charge on any atom is 0.256 e. The van der Waals surface area contributed by atoms with Gasteiger partial charge in [0.15, 0.2) is 9.84 Å². The summed E-state index contributed by atoms with van der Waals surface area (Å²) in [5, 5.41) is 7.10. The topological polar surface area (TPSA) is 81.1 Å². The van der Waals surface area contributed by atoms with Crippen molar-refractivity contribution >= 4 is 21.6 Å². The van der Waals surface area contributed by atoms with Crippen LogP contribution in [0.5, 0.6) is 0 Å². The van der Waals surface area contributed by atoms with Crippen LogP contribution in [0.4, 0.5) is 5.82 Å². The average Bonchev–Trinajstić information content (AvgIpc) is 3.07. The maximum absolute atomic E-state index is 12.6. The van der Waals surface area contributed by atoms with Crippen LogP contribution in [0.25, 0.3) is 0 Å². The number of nitrogens with zero attached hydrogens (tertiary/aromatic N) is 2. The number of hydrogen-bond acceptors (Lipinski definition) is 4. The van der Waals surface area contributed by atoms with Crippen molar-refractivity contribution in [3.05, 3.63) is 77.5 Å². The second-order valence-electron chi connectivity index (χ2n) is 8.08. The molecule has 1 amide bonds. The summed E-state index contributed by atoms with van der Waals surface area (Å²) in [6.45, 7) is 7.02. The molecule has 1 heterocycles. The fourth-order valence-electron chi connectivity index (χ4n) is 2.90. The van der Waals surface area contributed by atoms with Gasteiger partial charge in [-0.15, -0.1) is 0 Å². The van der Waals surface area contributed by atoms with Crippen molar-refractivity contribution in [2.45, 2.75) is 37.6 Å². The fourth-order valence-corrected chi connectivity index (χ4v) is 3.57. The minimum Gasteiger partial charge on any atom is -0.307 e. The third-order valence-electron chi connectivity index (χ3n) is 4.63. The first-order valence-corrected chi connectivity index (χ1v) is 11.2. The van der Waals surface area contributed by atoms with Crippen LogP contribution in [0.3, 0.4) is 0 Å². The number of carbonyl (C=O) groups excluding carboxylic acids is 1. The van der Waals surface area contributed by atoms with Crippen LogP contribution >= 0.6 is 0 Å². The van der Waals surface area contributed by atoms with E-state index < -0.39 is 9.84 Å². The van der Waals surface area contributed by atoms with E-state index in [-0.39, 0.29) is 21.8 Å². The summed E-state index contributed by atoms with van der Waals surface area (Å²) in [5.41, 5.74) is 2.68. The molecule has 0 aliphatic carbocycles. The van der Waals surface area contributed by atoms with Crippen LogP contribution < -0.4 is 5.32 Å². The third kappa shape index (κ3) is 5.12. The van der Waals surface area contributed by atoms with Crippen molar-refractivity contribution in [2.24, 2.45) is 0 Å². The van der Waals surface area contributed by atoms with E-state index in [4.69, 9.17) is 0 Å². The number of amides is 1. The average molecular weight is 412 g/mol. The summed E-state index contributed by atoms with van der Waals surface area (Å²) in [4.78, 5) is 12.7. The first-order chi connectivity index (χ1) is 13.5. The van der Waals surface area contributed by atoms with Gasteiger partial charge in [0.25, 0.3) is 5.91 Å². The fraction of sp³-hybridized carbons (Fsp3) is 0.273. The molecule has 0 saturated carbocycles. The monoisotopic (exact) mass is 411 g/mol. The molecule has 0 atom stereocenters. The molecule has 0 saturated heterocycles. The Kier molecular flexibility index (Phi) is 5.61. The van der Waals surface area contributed by atoms with Crippen LogP contribution in [-0.4, -0.2) is 30.4 Å². The molecule has 0 bridgehead atoms. The van der Waals surface area contributed by atoms with E-state index in [1.165, 1.54) is 17.7 Å². The van der Waals surface area contributed by atoms with Crippen molar-refractivity contribution in [2.75, 3.05) is 11.6 Å². The molecular weight excluding hydrogens is 386 g/mol.